The van der Waals surface area contributed by atoms with Crippen molar-refractivity contribution in [3.05, 3.63) is 59.9 Å². The third-order valence-electron chi connectivity index (χ3n) is 4.40. The van der Waals surface area contributed by atoms with Crippen molar-refractivity contribution in [1.82, 2.24) is 15.3 Å². The van der Waals surface area contributed by atoms with Gasteiger partial charge in [-0.1, -0.05) is 12.1 Å². The Balaban J connectivity index is 1.46. The summed E-state index contributed by atoms with van der Waals surface area (Å²) in [5, 5.41) is 3.89. The number of hydrogen-bond donors (Lipinski definition) is 2. The second kappa shape index (κ2) is 6.94. The number of anilines is 1. The minimum Gasteiger partial charge on any atom is -0.378 e. The molecule has 2 aromatic heterocycles. The van der Waals surface area contributed by atoms with Crippen molar-refractivity contribution < 1.29 is 9.53 Å². The van der Waals surface area contributed by atoms with Crippen LogP contribution in [-0.4, -0.2) is 42.2 Å². The van der Waals surface area contributed by atoms with Crippen molar-refractivity contribution in [1.29, 1.82) is 0 Å². The summed E-state index contributed by atoms with van der Waals surface area (Å²) in [4.78, 5) is 22.5. The molecule has 25 heavy (non-hydrogen) atoms. The molecule has 0 atom stereocenters. The second-order valence-corrected chi connectivity index (χ2v) is 6.01. The predicted octanol–water partition coefficient (Wildman–Crippen LogP) is 2.33. The molecule has 0 bridgehead atoms. The minimum atomic E-state index is -0.0937. The first-order valence-electron chi connectivity index (χ1n) is 8.44. The van der Waals surface area contributed by atoms with Crippen LogP contribution in [0.4, 0.5) is 5.82 Å². The van der Waals surface area contributed by atoms with Gasteiger partial charge in [-0.25, -0.2) is 4.98 Å². The lowest BCUT2D eigenvalue weighted by molar-refractivity contribution is 0.0952. The third kappa shape index (κ3) is 3.34. The smallest absolute Gasteiger partial charge is 0.252 e. The average Bonchev–Trinajstić information content (AvgIpc) is 3.16. The number of H-pyrrole nitrogens is 1. The van der Waals surface area contributed by atoms with Crippen LogP contribution in [-0.2, 0) is 11.3 Å². The maximum absolute atomic E-state index is 12.5. The fourth-order valence-electron chi connectivity index (χ4n) is 3.08. The molecule has 0 aliphatic carbocycles. The van der Waals surface area contributed by atoms with E-state index in [1.165, 1.54) is 0 Å². The van der Waals surface area contributed by atoms with Gasteiger partial charge in [0.2, 0.25) is 0 Å². The fourth-order valence-corrected chi connectivity index (χ4v) is 3.08. The van der Waals surface area contributed by atoms with Crippen molar-refractivity contribution in [3.63, 3.8) is 0 Å². The van der Waals surface area contributed by atoms with Gasteiger partial charge in [0.15, 0.2) is 0 Å². The largest absolute Gasteiger partial charge is 0.378 e. The topological polar surface area (TPSA) is 70.2 Å². The summed E-state index contributed by atoms with van der Waals surface area (Å²) in [6.07, 6.45) is 1.84. The molecule has 6 nitrogen and oxygen atoms in total. The van der Waals surface area contributed by atoms with Gasteiger partial charge in [0.1, 0.15) is 5.82 Å². The highest BCUT2D eigenvalue weighted by Gasteiger charge is 2.14. The number of nitrogens with zero attached hydrogens (tertiary/aromatic N) is 2. The van der Waals surface area contributed by atoms with Crippen LogP contribution in [0.1, 0.15) is 16.1 Å². The lowest BCUT2D eigenvalue weighted by Crippen LogP contribution is -2.37. The Bertz CT molecular complexity index is 884. The number of morpholine rings is 1. The summed E-state index contributed by atoms with van der Waals surface area (Å²) in [6, 6.07) is 13.5. The number of hydrogen-bond acceptors (Lipinski definition) is 4. The second-order valence-electron chi connectivity index (χ2n) is 6.01. The van der Waals surface area contributed by atoms with Crippen molar-refractivity contribution in [3.8, 4) is 0 Å². The number of carbonyl (C=O) groups excluding carboxylic acids is 1. The van der Waals surface area contributed by atoms with Gasteiger partial charge in [0.25, 0.3) is 5.91 Å². The van der Waals surface area contributed by atoms with Gasteiger partial charge in [-0.15, -0.1) is 0 Å². The normalized spacial score (nSPS) is 14.6. The van der Waals surface area contributed by atoms with E-state index in [4.69, 9.17) is 4.74 Å². The van der Waals surface area contributed by atoms with Gasteiger partial charge >= 0.3 is 0 Å². The maximum atomic E-state index is 12.5. The Kier molecular flexibility index (Phi) is 4.35. The van der Waals surface area contributed by atoms with E-state index < -0.39 is 0 Å². The van der Waals surface area contributed by atoms with E-state index in [0.717, 1.165) is 48.7 Å². The molecule has 128 valence electrons. The van der Waals surface area contributed by atoms with Crippen molar-refractivity contribution in [2.24, 2.45) is 0 Å². The van der Waals surface area contributed by atoms with E-state index in [9.17, 15) is 4.79 Å². The average molecular weight is 336 g/mol. The number of carbonyl (C=O) groups is 1. The van der Waals surface area contributed by atoms with Crippen molar-refractivity contribution in [2.45, 2.75) is 6.54 Å². The zero-order valence-electron chi connectivity index (χ0n) is 13.9. The maximum Gasteiger partial charge on any atom is 0.252 e. The molecule has 0 unspecified atom stereocenters. The molecule has 3 heterocycles. The lowest BCUT2D eigenvalue weighted by atomic mass is 10.1. The van der Waals surface area contributed by atoms with Gasteiger partial charge in [0.05, 0.1) is 25.5 Å². The lowest BCUT2D eigenvalue weighted by Gasteiger charge is -2.28. The van der Waals surface area contributed by atoms with Crippen LogP contribution in [0.3, 0.4) is 0 Å². The summed E-state index contributed by atoms with van der Waals surface area (Å²) >= 11 is 0. The molecule has 1 aliphatic rings. The summed E-state index contributed by atoms with van der Waals surface area (Å²) < 4.78 is 5.38. The Labute approximate surface area is 145 Å². The molecule has 1 amide bonds. The molecule has 1 fully saturated rings. The SMILES string of the molecule is O=C(NCc1cccc(N2CCOCC2)n1)c1cccc2[nH]ccc12. The number of pyridine rings is 1. The van der Waals surface area contributed by atoms with Gasteiger partial charge in [-0.05, 0) is 30.3 Å². The first kappa shape index (κ1) is 15.7. The number of rotatable bonds is 4. The molecule has 0 radical (unpaired) electrons. The molecule has 6 heteroatoms. The highest BCUT2D eigenvalue weighted by molar-refractivity contribution is 6.06. The molecular weight excluding hydrogens is 316 g/mol. The van der Waals surface area contributed by atoms with E-state index in [2.05, 4.69) is 20.2 Å². The standard InChI is InChI=1S/C19H20N4O2/c24-19(16-4-2-5-17-15(16)7-8-20-17)21-13-14-3-1-6-18(22-14)23-9-11-25-12-10-23/h1-8,20H,9-13H2,(H,21,24). The van der Waals surface area contributed by atoms with Gasteiger partial charge < -0.3 is 19.9 Å². The quantitative estimate of drug-likeness (QED) is 0.767. The molecule has 0 saturated carbocycles. The summed E-state index contributed by atoms with van der Waals surface area (Å²) in [5.41, 5.74) is 2.47. The van der Waals surface area contributed by atoms with E-state index in [-0.39, 0.29) is 5.91 Å². The monoisotopic (exact) mass is 336 g/mol. The van der Waals surface area contributed by atoms with E-state index in [0.29, 0.717) is 12.1 Å². The number of amides is 1. The number of fused-ring (bicyclic) bond motifs is 1. The molecule has 0 spiro atoms. The molecule has 1 aromatic carbocycles. The van der Waals surface area contributed by atoms with Crippen LogP contribution in [0.25, 0.3) is 10.9 Å². The summed E-state index contributed by atoms with van der Waals surface area (Å²) in [7, 11) is 0. The summed E-state index contributed by atoms with van der Waals surface area (Å²) in [6.45, 7) is 3.54. The van der Waals surface area contributed by atoms with Crippen molar-refractivity contribution >= 4 is 22.6 Å². The van der Waals surface area contributed by atoms with Gasteiger partial charge in [-0.3, -0.25) is 4.79 Å². The molecule has 1 aliphatic heterocycles. The number of ether oxygens (including phenoxy) is 1. The fraction of sp³-hybridized carbons (Fsp3) is 0.263. The van der Waals surface area contributed by atoms with Crippen LogP contribution < -0.4 is 10.2 Å². The molecule has 2 N–H and O–H groups in total. The first-order valence-corrected chi connectivity index (χ1v) is 8.44. The Morgan fingerprint density at radius 3 is 2.88 bits per heavy atom. The zero-order chi connectivity index (χ0) is 17.1. The number of nitrogens with one attached hydrogen (secondary N) is 2. The summed E-state index contributed by atoms with van der Waals surface area (Å²) in [5.74, 6) is 0.839. The highest BCUT2D eigenvalue weighted by Crippen LogP contribution is 2.17. The molecule has 4 rings (SSSR count). The zero-order valence-corrected chi connectivity index (χ0v) is 13.9. The van der Waals surface area contributed by atoms with Crippen LogP contribution in [0, 0.1) is 0 Å². The predicted molar refractivity (Wildman–Crippen MR) is 96.7 cm³/mol. The number of aromatic nitrogens is 2. The van der Waals surface area contributed by atoms with Crippen LogP contribution in [0.15, 0.2) is 48.7 Å². The van der Waals surface area contributed by atoms with Crippen LogP contribution in [0.5, 0.6) is 0 Å². The van der Waals surface area contributed by atoms with Gasteiger partial charge in [-0.2, -0.15) is 0 Å². The van der Waals surface area contributed by atoms with Crippen molar-refractivity contribution in [2.75, 3.05) is 31.2 Å². The molecular formula is C19H20N4O2. The third-order valence-corrected chi connectivity index (χ3v) is 4.40. The Morgan fingerprint density at radius 1 is 1.16 bits per heavy atom. The number of benzene rings is 1. The van der Waals surface area contributed by atoms with Crippen LogP contribution in [0.2, 0.25) is 0 Å². The highest BCUT2D eigenvalue weighted by atomic mass is 16.5. The minimum absolute atomic E-state index is 0.0937. The first-order chi connectivity index (χ1) is 12.3. The molecule has 3 aromatic rings. The molecule has 1 saturated heterocycles. The Morgan fingerprint density at radius 2 is 2.00 bits per heavy atom. The van der Waals surface area contributed by atoms with Gasteiger partial charge in [0, 0.05) is 35.8 Å². The van der Waals surface area contributed by atoms with Crippen LogP contribution >= 0.6 is 0 Å². The van der Waals surface area contributed by atoms with E-state index in [1.807, 2.05) is 48.7 Å². The number of aromatic amines is 1. The van der Waals surface area contributed by atoms with E-state index >= 15 is 0 Å². The Hall–Kier alpha value is -2.86. The van der Waals surface area contributed by atoms with E-state index in [1.54, 1.807) is 0 Å².